The summed E-state index contributed by atoms with van der Waals surface area (Å²) in [5, 5.41) is 3.80. The van der Waals surface area contributed by atoms with Gasteiger partial charge >= 0.3 is 0 Å². The van der Waals surface area contributed by atoms with Crippen molar-refractivity contribution in [3.8, 4) is 10.6 Å². The van der Waals surface area contributed by atoms with Gasteiger partial charge in [0.1, 0.15) is 15.7 Å². The summed E-state index contributed by atoms with van der Waals surface area (Å²) < 4.78 is 37.8. The Kier molecular flexibility index (Phi) is 3.90. The topological polar surface area (TPSA) is 85.3 Å². The largest absolute Gasteiger partial charge is 0.465 e. The van der Waals surface area contributed by atoms with Crippen LogP contribution >= 0.6 is 11.3 Å². The monoisotopic (exact) mass is 338 g/mol. The second-order valence-electron chi connectivity index (χ2n) is 4.79. The minimum atomic E-state index is -3.58. The standard InChI is InChI=1S/C14H14N2O4S2/c1-9-7-12(20-16-9)13-5-6-14(21-13)22(17,18)15-8-11-4-3-10(2)19-11/h3-7,15H,8H2,1-2H3. The number of nitrogens with zero attached hydrogens (tertiary/aromatic N) is 1. The fourth-order valence-electron chi connectivity index (χ4n) is 1.89. The highest BCUT2D eigenvalue weighted by atomic mass is 32.2. The van der Waals surface area contributed by atoms with Gasteiger partial charge in [-0.05, 0) is 38.1 Å². The number of hydrogen-bond donors (Lipinski definition) is 1. The van der Waals surface area contributed by atoms with E-state index < -0.39 is 10.0 Å². The van der Waals surface area contributed by atoms with Gasteiger partial charge in [0.15, 0.2) is 5.76 Å². The molecule has 3 heterocycles. The van der Waals surface area contributed by atoms with E-state index in [0.717, 1.165) is 27.7 Å². The molecule has 0 saturated heterocycles. The number of hydrogen-bond acceptors (Lipinski definition) is 6. The Hall–Kier alpha value is -1.90. The highest BCUT2D eigenvalue weighted by Gasteiger charge is 2.19. The van der Waals surface area contributed by atoms with E-state index in [-0.39, 0.29) is 10.8 Å². The van der Waals surface area contributed by atoms with Gasteiger partial charge in [0.2, 0.25) is 10.0 Å². The molecule has 1 N–H and O–H groups in total. The first-order valence-corrected chi connectivity index (χ1v) is 8.82. The number of furan rings is 1. The van der Waals surface area contributed by atoms with E-state index in [2.05, 4.69) is 9.88 Å². The Morgan fingerprint density at radius 2 is 2.05 bits per heavy atom. The number of sulfonamides is 1. The summed E-state index contributed by atoms with van der Waals surface area (Å²) in [7, 11) is -3.58. The number of aromatic nitrogens is 1. The van der Waals surface area contributed by atoms with Crippen LogP contribution in [0.25, 0.3) is 10.6 Å². The predicted molar refractivity (Wildman–Crippen MR) is 82.0 cm³/mol. The van der Waals surface area contributed by atoms with Gasteiger partial charge < -0.3 is 8.94 Å². The third kappa shape index (κ3) is 3.13. The summed E-state index contributed by atoms with van der Waals surface area (Å²) in [5.41, 5.74) is 0.749. The number of aryl methyl sites for hydroxylation is 2. The van der Waals surface area contributed by atoms with Gasteiger partial charge in [-0.25, -0.2) is 13.1 Å². The molecule has 3 aromatic rings. The molecule has 0 aliphatic rings. The Morgan fingerprint density at radius 3 is 2.68 bits per heavy atom. The van der Waals surface area contributed by atoms with Crippen molar-refractivity contribution in [2.75, 3.05) is 0 Å². The minimum absolute atomic E-state index is 0.116. The molecule has 0 radical (unpaired) electrons. The number of rotatable bonds is 5. The Labute approximate surface area is 131 Å². The second kappa shape index (κ2) is 5.71. The smallest absolute Gasteiger partial charge is 0.250 e. The van der Waals surface area contributed by atoms with E-state index in [9.17, 15) is 8.42 Å². The molecule has 0 aromatic carbocycles. The van der Waals surface area contributed by atoms with Crippen LogP contribution in [0.3, 0.4) is 0 Å². The highest BCUT2D eigenvalue weighted by Crippen LogP contribution is 2.31. The second-order valence-corrected chi connectivity index (χ2v) is 7.87. The SMILES string of the molecule is Cc1cc(-c2ccc(S(=O)(=O)NCc3ccc(C)o3)s2)on1. The Balaban J connectivity index is 1.76. The molecule has 0 fully saturated rings. The molecule has 0 unspecified atom stereocenters. The van der Waals surface area contributed by atoms with Crippen molar-refractivity contribution in [1.82, 2.24) is 9.88 Å². The molecule has 116 valence electrons. The zero-order chi connectivity index (χ0) is 15.7. The Morgan fingerprint density at radius 1 is 1.23 bits per heavy atom. The molecule has 0 aliphatic carbocycles. The van der Waals surface area contributed by atoms with Gasteiger partial charge in [-0.3, -0.25) is 0 Å². The first-order chi connectivity index (χ1) is 10.4. The molecule has 0 aliphatic heterocycles. The molecule has 22 heavy (non-hydrogen) atoms. The third-order valence-electron chi connectivity index (χ3n) is 2.95. The molecular formula is C14H14N2O4S2. The van der Waals surface area contributed by atoms with Crippen molar-refractivity contribution in [2.45, 2.75) is 24.6 Å². The van der Waals surface area contributed by atoms with Crippen molar-refractivity contribution < 1.29 is 17.4 Å². The molecule has 0 amide bonds. The highest BCUT2D eigenvalue weighted by molar-refractivity contribution is 7.91. The fourth-order valence-corrected chi connectivity index (χ4v) is 4.19. The fraction of sp³-hybridized carbons (Fsp3) is 0.214. The van der Waals surface area contributed by atoms with Crippen molar-refractivity contribution >= 4 is 21.4 Å². The van der Waals surface area contributed by atoms with E-state index >= 15 is 0 Å². The van der Waals surface area contributed by atoms with Crippen LogP contribution in [0.1, 0.15) is 17.2 Å². The maximum Gasteiger partial charge on any atom is 0.250 e. The molecule has 0 spiro atoms. The van der Waals surface area contributed by atoms with Crippen molar-refractivity contribution in [2.24, 2.45) is 0 Å². The minimum Gasteiger partial charge on any atom is -0.465 e. The van der Waals surface area contributed by atoms with Gasteiger partial charge in [-0.15, -0.1) is 11.3 Å². The lowest BCUT2D eigenvalue weighted by atomic mass is 10.3. The first-order valence-electron chi connectivity index (χ1n) is 6.52. The van der Waals surface area contributed by atoms with Crippen LogP contribution in [0.4, 0.5) is 0 Å². The van der Waals surface area contributed by atoms with E-state index in [1.54, 1.807) is 30.3 Å². The van der Waals surface area contributed by atoms with E-state index in [0.29, 0.717) is 11.5 Å². The van der Waals surface area contributed by atoms with Gasteiger partial charge in [0.25, 0.3) is 0 Å². The Bertz CT molecular complexity index is 889. The average molecular weight is 338 g/mol. The zero-order valence-electron chi connectivity index (χ0n) is 12.0. The van der Waals surface area contributed by atoms with E-state index in [1.807, 2.05) is 13.8 Å². The van der Waals surface area contributed by atoms with E-state index in [4.69, 9.17) is 8.94 Å². The van der Waals surface area contributed by atoms with Crippen LogP contribution in [0.2, 0.25) is 0 Å². The first kappa shape index (κ1) is 15.0. The van der Waals surface area contributed by atoms with Gasteiger partial charge in [0.05, 0.1) is 17.1 Å². The van der Waals surface area contributed by atoms with Crippen molar-refractivity contribution in [3.63, 3.8) is 0 Å². The molecule has 6 nitrogen and oxygen atoms in total. The lowest BCUT2D eigenvalue weighted by Gasteiger charge is -2.02. The number of nitrogens with one attached hydrogen (secondary N) is 1. The summed E-state index contributed by atoms with van der Waals surface area (Å²) in [6.07, 6.45) is 0. The van der Waals surface area contributed by atoms with Crippen molar-refractivity contribution in [1.29, 1.82) is 0 Å². The average Bonchev–Trinajstić information content (AvgIpc) is 3.16. The van der Waals surface area contributed by atoms with Gasteiger partial charge in [-0.1, -0.05) is 5.16 Å². The van der Waals surface area contributed by atoms with Gasteiger partial charge in [-0.2, -0.15) is 0 Å². The summed E-state index contributed by atoms with van der Waals surface area (Å²) in [6, 6.07) is 8.55. The molecular weight excluding hydrogens is 324 g/mol. The molecule has 3 aromatic heterocycles. The number of thiophene rings is 1. The lowest BCUT2D eigenvalue weighted by molar-refractivity contribution is 0.428. The summed E-state index contributed by atoms with van der Waals surface area (Å²) in [4.78, 5) is 0.717. The van der Waals surface area contributed by atoms with E-state index in [1.165, 1.54) is 0 Å². The zero-order valence-corrected chi connectivity index (χ0v) is 13.6. The molecule has 0 bridgehead atoms. The van der Waals surface area contributed by atoms with Crippen molar-refractivity contribution in [3.05, 3.63) is 47.5 Å². The summed E-state index contributed by atoms with van der Waals surface area (Å²) in [5.74, 6) is 1.88. The predicted octanol–water partition coefficient (Wildman–Crippen LogP) is 3.09. The molecule has 0 atom stereocenters. The quantitative estimate of drug-likeness (QED) is 0.772. The molecule has 8 heteroatoms. The molecule has 0 saturated carbocycles. The normalized spacial score (nSPS) is 11.9. The summed E-state index contributed by atoms with van der Waals surface area (Å²) >= 11 is 1.13. The third-order valence-corrected chi connectivity index (χ3v) is 5.94. The van der Waals surface area contributed by atoms with Crippen LogP contribution in [0, 0.1) is 13.8 Å². The van der Waals surface area contributed by atoms with Gasteiger partial charge in [0, 0.05) is 6.07 Å². The van der Waals surface area contributed by atoms with Crippen LogP contribution in [-0.4, -0.2) is 13.6 Å². The van der Waals surface area contributed by atoms with Crippen LogP contribution in [-0.2, 0) is 16.6 Å². The molecule has 3 rings (SSSR count). The van der Waals surface area contributed by atoms with Crippen LogP contribution < -0.4 is 4.72 Å². The van der Waals surface area contributed by atoms with Crippen LogP contribution in [0.15, 0.2) is 43.5 Å². The summed E-state index contributed by atoms with van der Waals surface area (Å²) in [6.45, 7) is 3.74. The lowest BCUT2D eigenvalue weighted by Crippen LogP contribution is -2.22. The maximum atomic E-state index is 12.3. The van der Waals surface area contributed by atoms with Crippen LogP contribution in [0.5, 0.6) is 0 Å². The maximum absolute atomic E-state index is 12.3.